The zero-order valence-electron chi connectivity index (χ0n) is 17.5. The highest BCUT2D eigenvalue weighted by Crippen LogP contribution is 2.33. The normalized spacial score (nSPS) is 12.3. The molecule has 0 spiro atoms. The summed E-state index contributed by atoms with van der Waals surface area (Å²) in [6.07, 6.45) is 5.56. The van der Waals surface area contributed by atoms with Crippen molar-refractivity contribution in [3.63, 3.8) is 0 Å². The fourth-order valence-corrected chi connectivity index (χ4v) is 4.02. The molecule has 4 heterocycles. The number of imidazole rings is 1. The van der Waals surface area contributed by atoms with Crippen LogP contribution < -0.4 is 14.8 Å². The second-order valence-electron chi connectivity index (χ2n) is 7.42. The Hall–Kier alpha value is -4.19. The third-order valence-electron chi connectivity index (χ3n) is 5.62. The van der Waals surface area contributed by atoms with E-state index in [4.69, 9.17) is 9.47 Å². The van der Waals surface area contributed by atoms with Crippen molar-refractivity contribution >= 4 is 11.5 Å². The van der Waals surface area contributed by atoms with Gasteiger partial charge >= 0.3 is 0 Å². The lowest BCUT2D eigenvalue weighted by atomic mass is 10.0. The number of nitrogens with one attached hydrogen (secondary N) is 1. The van der Waals surface area contributed by atoms with E-state index in [1.807, 2.05) is 13.0 Å². The zero-order valence-corrected chi connectivity index (χ0v) is 17.5. The minimum atomic E-state index is -0.294. The third kappa shape index (κ3) is 3.17. The number of aromatic nitrogens is 4. The minimum absolute atomic E-state index is 0.225. The van der Waals surface area contributed by atoms with Gasteiger partial charge in [-0.1, -0.05) is 0 Å². The van der Waals surface area contributed by atoms with Crippen LogP contribution in [0.15, 0.2) is 36.9 Å². The lowest BCUT2D eigenvalue weighted by Gasteiger charge is -2.14. The van der Waals surface area contributed by atoms with Crippen LogP contribution in [0.2, 0.25) is 0 Å². The van der Waals surface area contributed by atoms with Gasteiger partial charge in [-0.25, -0.2) is 19.3 Å². The summed E-state index contributed by atoms with van der Waals surface area (Å²) in [4.78, 5) is 13.1. The summed E-state index contributed by atoms with van der Waals surface area (Å²) in [5.41, 5.74) is 4.74. The average molecular weight is 430 g/mol. The van der Waals surface area contributed by atoms with Crippen molar-refractivity contribution in [2.45, 2.75) is 19.9 Å². The molecule has 4 aromatic rings. The predicted molar refractivity (Wildman–Crippen MR) is 115 cm³/mol. The van der Waals surface area contributed by atoms with Gasteiger partial charge in [0.2, 0.25) is 11.8 Å². The maximum atomic E-state index is 14.5. The van der Waals surface area contributed by atoms with E-state index in [0.717, 1.165) is 22.3 Å². The Morgan fingerprint density at radius 1 is 1.25 bits per heavy atom. The van der Waals surface area contributed by atoms with E-state index in [2.05, 4.69) is 26.3 Å². The van der Waals surface area contributed by atoms with Crippen LogP contribution in [0, 0.1) is 24.1 Å². The van der Waals surface area contributed by atoms with Crippen LogP contribution in [0.1, 0.15) is 22.4 Å². The molecular weight excluding hydrogens is 411 g/mol. The Morgan fingerprint density at radius 2 is 2.09 bits per heavy atom. The van der Waals surface area contributed by atoms with Gasteiger partial charge in [-0.2, -0.15) is 5.26 Å². The van der Waals surface area contributed by atoms with E-state index in [1.165, 1.54) is 12.4 Å². The van der Waals surface area contributed by atoms with Gasteiger partial charge in [-0.15, -0.1) is 0 Å². The van der Waals surface area contributed by atoms with Gasteiger partial charge in [0.05, 0.1) is 19.2 Å². The first kappa shape index (κ1) is 19.8. The molecule has 0 amide bonds. The molecule has 1 N–H and O–H groups in total. The van der Waals surface area contributed by atoms with Gasteiger partial charge in [0.1, 0.15) is 24.0 Å². The van der Waals surface area contributed by atoms with Gasteiger partial charge in [0.15, 0.2) is 5.69 Å². The Kier molecular flexibility index (Phi) is 4.82. The molecule has 9 heteroatoms. The SMILES string of the molecule is COc1cc(C)c(-c2cnc(NCc3c(F)ccc4c3CCO4)n3cnc(C#N)c23)cn1. The monoisotopic (exact) mass is 430 g/mol. The van der Waals surface area contributed by atoms with Crippen LogP contribution in [0.3, 0.4) is 0 Å². The second kappa shape index (κ2) is 7.81. The topological polar surface area (TPSA) is 97.4 Å². The third-order valence-corrected chi connectivity index (χ3v) is 5.62. The summed E-state index contributed by atoms with van der Waals surface area (Å²) in [7, 11) is 1.56. The molecule has 0 radical (unpaired) electrons. The van der Waals surface area contributed by atoms with Crippen LogP contribution in [-0.4, -0.2) is 33.1 Å². The van der Waals surface area contributed by atoms with E-state index >= 15 is 0 Å². The summed E-state index contributed by atoms with van der Waals surface area (Å²) in [5.74, 6) is 1.38. The number of aryl methyl sites for hydroxylation is 1. The van der Waals surface area contributed by atoms with Gasteiger partial charge in [0.25, 0.3) is 0 Å². The molecule has 160 valence electrons. The van der Waals surface area contributed by atoms with Crippen molar-refractivity contribution in [2.75, 3.05) is 19.0 Å². The molecule has 1 aromatic carbocycles. The number of nitrogens with zero attached hydrogens (tertiary/aromatic N) is 5. The number of fused-ring (bicyclic) bond motifs is 2. The van der Waals surface area contributed by atoms with Gasteiger partial charge in [0, 0.05) is 53.7 Å². The summed E-state index contributed by atoms with van der Waals surface area (Å²) >= 11 is 0. The molecule has 0 unspecified atom stereocenters. The average Bonchev–Trinajstić information content (AvgIpc) is 3.46. The van der Waals surface area contributed by atoms with Gasteiger partial charge in [-0.3, -0.25) is 4.40 Å². The molecule has 0 saturated carbocycles. The number of benzene rings is 1. The molecule has 0 atom stereocenters. The summed E-state index contributed by atoms with van der Waals surface area (Å²) in [6, 6.07) is 7.03. The summed E-state index contributed by atoms with van der Waals surface area (Å²) < 4.78 is 27.0. The molecule has 32 heavy (non-hydrogen) atoms. The van der Waals surface area contributed by atoms with Crippen molar-refractivity contribution in [2.24, 2.45) is 0 Å². The molecule has 0 saturated heterocycles. The van der Waals surface area contributed by atoms with Crippen molar-refractivity contribution in [1.82, 2.24) is 19.4 Å². The molecule has 0 bridgehead atoms. The molecule has 3 aromatic heterocycles. The Labute approximate surface area is 183 Å². The van der Waals surface area contributed by atoms with Gasteiger partial charge in [-0.05, 0) is 24.6 Å². The fourth-order valence-electron chi connectivity index (χ4n) is 4.02. The molecule has 0 aliphatic carbocycles. The van der Waals surface area contributed by atoms with E-state index in [9.17, 15) is 9.65 Å². The molecule has 5 rings (SSSR count). The van der Waals surface area contributed by atoms with E-state index in [0.29, 0.717) is 41.7 Å². The number of methoxy groups -OCH3 is 1. The van der Waals surface area contributed by atoms with Crippen LogP contribution >= 0.6 is 0 Å². The minimum Gasteiger partial charge on any atom is -0.493 e. The smallest absolute Gasteiger partial charge is 0.213 e. The number of halogens is 1. The molecule has 1 aliphatic rings. The number of anilines is 1. The second-order valence-corrected chi connectivity index (χ2v) is 7.42. The molecular formula is C23H19FN6O2. The maximum Gasteiger partial charge on any atom is 0.213 e. The van der Waals surface area contributed by atoms with Crippen molar-refractivity contribution < 1.29 is 13.9 Å². The first-order valence-corrected chi connectivity index (χ1v) is 10.0. The van der Waals surface area contributed by atoms with Crippen molar-refractivity contribution in [1.29, 1.82) is 5.26 Å². The number of hydrogen-bond acceptors (Lipinski definition) is 7. The number of nitriles is 1. The summed E-state index contributed by atoms with van der Waals surface area (Å²) in [5, 5.41) is 12.8. The maximum absolute atomic E-state index is 14.5. The zero-order chi connectivity index (χ0) is 22.2. The van der Waals surface area contributed by atoms with E-state index in [-0.39, 0.29) is 18.1 Å². The molecule has 1 aliphatic heterocycles. The van der Waals surface area contributed by atoms with Crippen LogP contribution in [0.4, 0.5) is 10.3 Å². The lowest BCUT2D eigenvalue weighted by Crippen LogP contribution is -2.10. The lowest BCUT2D eigenvalue weighted by molar-refractivity contribution is 0.356. The molecule has 8 nitrogen and oxygen atoms in total. The molecule has 0 fully saturated rings. The van der Waals surface area contributed by atoms with Crippen LogP contribution in [-0.2, 0) is 13.0 Å². The quantitative estimate of drug-likeness (QED) is 0.516. The highest BCUT2D eigenvalue weighted by atomic mass is 19.1. The van der Waals surface area contributed by atoms with Crippen molar-refractivity contribution in [3.05, 3.63) is 65.1 Å². The fraction of sp³-hybridized carbons (Fsp3) is 0.217. The number of ether oxygens (including phenoxy) is 2. The van der Waals surface area contributed by atoms with E-state index < -0.39 is 0 Å². The Bertz CT molecular complexity index is 1390. The van der Waals surface area contributed by atoms with Gasteiger partial charge < -0.3 is 14.8 Å². The van der Waals surface area contributed by atoms with E-state index in [1.54, 1.807) is 30.0 Å². The highest BCUT2D eigenvalue weighted by Gasteiger charge is 2.21. The Balaban J connectivity index is 1.56. The first-order chi connectivity index (χ1) is 15.6. The largest absolute Gasteiger partial charge is 0.493 e. The number of pyridine rings is 1. The van der Waals surface area contributed by atoms with Crippen molar-refractivity contribution in [3.8, 4) is 28.8 Å². The first-order valence-electron chi connectivity index (χ1n) is 10.0. The summed E-state index contributed by atoms with van der Waals surface area (Å²) in [6.45, 7) is 2.71. The Morgan fingerprint density at radius 3 is 2.88 bits per heavy atom. The number of hydrogen-bond donors (Lipinski definition) is 1. The predicted octanol–water partition coefficient (Wildman–Crippen LogP) is 3.67. The van der Waals surface area contributed by atoms with Crippen LogP contribution in [0.5, 0.6) is 11.6 Å². The van der Waals surface area contributed by atoms with Crippen LogP contribution in [0.25, 0.3) is 16.6 Å². The highest BCUT2D eigenvalue weighted by molar-refractivity contribution is 5.85. The number of rotatable bonds is 5. The standard InChI is InChI=1S/C23H19FN6O2/c1-13-7-21(31-2)26-9-15(13)17-11-28-23(30-12-29-19(8-25)22(17)30)27-10-16-14-5-6-32-20(14)4-3-18(16)24/h3-4,7,9,11-12H,5-6,10H2,1-2H3,(H,27,28).